The largest absolute Gasteiger partial charge is 0.388 e. The molecule has 1 heterocycles. The van der Waals surface area contributed by atoms with Gasteiger partial charge in [0, 0.05) is 18.1 Å². The second-order valence-corrected chi connectivity index (χ2v) is 5.32. The fourth-order valence-electron chi connectivity index (χ4n) is 1.30. The summed E-state index contributed by atoms with van der Waals surface area (Å²) in [5.74, 6) is 0.547. The SMILES string of the molecule is O[C@@H](CSc1ncc(Br)cn1)c1ccccc1. The first-order valence-electron chi connectivity index (χ1n) is 5.09. The monoisotopic (exact) mass is 310 g/mol. The number of rotatable bonds is 4. The molecule has 0 saturated heterocycles. The van der Waals surface area contributed by atoms with Crippen molar-refractivity contribution in [3.05, 3.63) is 52.8 Å². The molecule has 0 spiro atoms. The van der Waals surface area contributed by atoms with Crippen molar-refractivity contribution in [3.8, 4) is 0 Å². The van der Waals surface area contributed by atoms with Crippen molar-refractivity contribution < 1.29 is 5.11 Å². The zero-order valence-corrected chi connectivity index (χ0v) is 11.4. The van der Waals surface area contributed by atoms with Crippen LogP contribution in [0.1, 0.15) is 11.7 Å². The van der Waals surface area contributed by atoms with Crippen LogP contribution in [0.3, 0.4) is 0 Å². The first-order valence-corrected chi connectivity index (χ1v) is 6.87. The van der Waals surface area contributed by atoms with Crippen LogP contribution in [0.2, 0.25) is 0 Å². The minimum atomic E-state index is -0.492. The average molecular weight is 311 g/mol. The summed E-state index contributed by atoms with van der Waals surface area (Å²) in [6.45, 7) is 0. The van der Waals surface area contributed by atoms with E-state index in [2.05, 4.69) is 25.9 Å². The lowest BCUT2D eigenvalue weighted by Gasteiger charge is -2.09. The number of aliphatic hydroxyl groups excluding tert-OH is 1. The number of halogens is 1. The van der Waals surface area contributed by atoms with Gasteiger partial charge in [-0.05, 0) is 21.5 Å². The van der Waals surface area contributed by atoms with Crippen molar-refractivity contribution in [3.63, 3.8) is 0 Å². The zero-order valence-electron chi connectivity index (χ0n) is 8.95. The number of aromatic nitrogens is 2. The van der Waals surface area contributed by atoms with Crippen molar-refractivity contribution in [2.45, 2.75) is 11.3 Å². The maximum absolute atomic E-state index is 9.95. The molecule has 0 aliphatic rings. The second-order valence-electron chi connectivity index (χ2n) is 3.42. The molecule has 3 nitrogen and oxygen atoms in total. The summed E-state index contributed by atoms with van der Waals surface area (Å²) < 4.78 is 0.852. The highest BCUT2D eigenvalue weighted by Gasteiger charge is 2.08. The number of benzene rings is 1. The molecule has 5 heteroatoms. The molecule has 1 atom stereocenters. The summed E-state index contributed by atoms with van der Waals surface area (Å²) in [7, 11) is 0. The Hall–Kier alpha value is -0.910. The minimum Gasteiger partial charge on any atom is -0.388 e. The molecule has 0 saturated carbocycles. The average Bonchev–Trinajstić information content (AvgIpc) is 2.39. The summed E-state index contributed by atoms with van der Waals surface area (Å²) in [5, 5.41) is 10.6. The molecule has 0 unspecified atom stereocenters. The molecule has 1 aromatic carbocycles. The van der Waals surface area contributed by atoms with E-state index in [1.54, 1.807) is 12.4 Å². The fourth-order valence-corrected chi connectivity index (χ4v) is 2.26. The predicted molar refractivity (Wildman–Crippen MR) is 71.9 cm³/mol. The number of hydrogen-bond acceptors (Lipinski definition) is 4. The predicted octanol–water partition coefficient (Wildman–Crippen LogP) is 3.06. The lowest BCUT2D eigenvalue weighted by Crippen LogP contribution is -2.00. The Labute approximate surface area is 112 Å². The highest BCUT2D eigenvalue weighted by molar-refractivity contribution is 9.10. The minimum absolute atomic E-state index is 0.492. The van der Waals surface area contributed by atoms with E-state index >= 15 is 0 Å². The normalized spacial score (nSPS) is 12.4. The molecule has 0 aliphatic heterocycles. The highest BCUT2D eigenvalue weighted by atomic mass is 79.9. The Kier molecular flexibility index (Phi) is 4.53. The quantitative estimate of drug-likeness (QED) is 0.696. The molecular weight excluding hydrogens is 300 g/mol. The maximum atomic E-state index is 9.95. The van der Waals surface area contributed by atoms with E-state index in [1.807, 2.05) is 30.3 Å². The van der Waals surface area contributed by atoms with Crippen molar-refractivity contribution in [2.24, 2.45) is 0 Å². The summed E-state index contributed by atoms with van der Waals surface area (Å²) in [4.78, 5) is 8.28. The van der Waals surface area contributed by atoms with E-state index in [-0.39, 0.29) is 0 Å². The molecule has 0 radical (unpaired) electrons. The van der Waals surface area contributed by atoms with Crippen molar-refractivity contribution >= 4 is 27.7 Å². The van der Waals surface area contributed by atoms with Gasteiger partial charge in [-0.3, -0.25) is 0 Å². The molecule has 0 aliphatic carbocycles. The molecule has 88 valence electrons. The van der Waals surface area contributed by atoms with Crippen LogP contribution < -0.4 is 0 Å². The molecular formula is C12H11BrN2OS. The Morgan fingerprint density at radius 1 is 1.18 bits per heavy atom. The number of thioether (sulfide) groups is 1. The summed E-state index contributed by atoms with van der Waals surface area (Å²) in [6, 6.07) is 9.58. The summed E-state index contributed by atoms with van der Waals surface area (Å²) in [6.07, 6.45) is 2.91. The van der Waals surface area contributed by atoms with Gasteiger partial charge < -0.3 is 5.11 Å². The molecule has 2 aromatic rings. The lowest BCUT2D eigenvalue weighted by molar-refractivity contribution is 0.204. The smallest absolute Gasteiger partial charge is 0.187 e. The molecule has 0 amide bonds. The van der Waals surface area contributed by atoms with E-state index in [0.29, 0.717) is 10.9 Å². The standard InChI is InChI=1S/C12H11BrN2OS/c13-10-6-14-12(15-7-10)17-8-11(16)9-4-2-1-3-5-9/h1-7,11,16H,8H2/t11-/m0/s1. The Balaban J connectivity index is 1.92. The third-order valence-corrected chi connectivity index (χ3v) is 3.51. The Morgan fingerprint density at radius 2 is 1.82 bits per heavy atom. The van der Waals surface area contributed by atoms with E-state index in [1.165, 1.54) is 11.8 Å². The molecule has 17 heavy (non-hydrogen) atoms. The van der Waals surface area contributed by atoms with Gasteiger partial charge in [0.1, 0.15) is 0 Å². The van der Waals surface area contributed by atoms with Gasteiger partial charge in [-0.1, -0.05) is 42.1 Å². The molecule has 2 rings (SSSR count). The first kappa shape index (κ1) is 12.5. The van der Waals surface area contributed by atoms with Gasteiger partial charge in [0.2, 0.25) is 0 Å². The van der Waals surface area contributed by atoms with E-state index in [9.17, 15) is 5.11 Å². The van der Waals surface area contributed by atoms with Gasteiger partial charge in [0.15, 0.2) is 5.16 Å². The lowest BCUT2D eigenvalue weighted by atomic mass is 10.1. The van der Waals surface area contributed by atoms with Gasteiger partial charge >= 0.3 is 0 Å². The first-order chi connectivity index (χ1) is 8.25. The second kappa shape index (κ2) is 6.14. The van der Waals surface area contributed by atoms with Crippen LogP contribution in [0.4, 0.5) is 0 Å². The highest BCUT2D eigenvalue weighted by Crippen LogP contribution is 2.22. The van der Waals surface area contributed by atoms with Gasteiger partial charge in [0.25, 0.3) is 0 Å². The van der Waals surface area contributed by atoms with E-state index in [0.717, 1.165) is 10.0 Å². The van der Waals surface area contributed by atoms with Crippen LogP contribution in [0.25, 0.3) is 0 Å². The van der Waals surface area contributed by atoms with Crippen LogP contribution in [0, 0.1) is 0 Å². The summed E-state index contributed by atoms with van der Waals surface area (Å²) >= 11 is 4.72. The third-order valence-electron chi connectivity index (χ3n) is 2.15. The summed E-state index contributed by atoms with van der Waals surface area (Å²) in [5.41, 5.74) is 0.914. The van der Waals surface area contributed by atoms with Crippen LogP contribution in [0.5, 0.6) is 0 Å². The van der Waals surface area contributed by atoms with Gasteiger partial charge in [0.05, 0.1) is 10.6 Å². The zero-order chi connectivity index (χ0) is 12.1. The van der Waals surface area contributed by atoms with Crippen molar-refractivity contribution in [1.29, 1.82) is 0 Å². The van der Waals surface area contributed by atoms with Gasteiger partial charge in [-0.15, -0.1) is 0 Å². The number of aliphatic hydroxyl groups is 1. The number of nitrogens with zero attached hydrogens (tertiary/aromatic N) is 2. The Bertz CT molecular complexity index is 464. The van der Waals surface area contributed by atoms with E-state index in [4.69, 9.17) is 0 Å². The van der Waals surface area contributed by atoms with Gasteiger partial charge in [-0.2, -0.15) is 0 Å². The van der Waals surface area contributed by atoms with E-state index < -0.39 is 6.10 Å². The van der Waals surface area contributed by atoms with Crippen LogP contribution in [-0.2, 0) is 0 Å². The van der Waals surface area contributed by atoms with Crippen LogP contribution >= 0.6 is 27.7 Å². The van der Waals surface area contributed by atoms with Crippen LogP contribution in [-0.4, -0.2) is 20.8 Å². The van der Waals surface area contributed by atoms with Crippen LogP contribution in [0.15, 0.2) is 52.4 Å². The maximum Gasteiger partial charge on any atom is 0.187 e. The van der Waals surface area contributed by atoms with Crippen molar-refractivity contribution in [2.75, 3.05) is 5.75 Å². The fraction of sp³-hybridized carbons (Fsp3) is 0.167. The molecule has 1 aromatic heterocycles. The molecule has 1 N–H and O–H groups in total. The topological polar surface area (TPSA) is 46.0 Å². The Morgan fingerprint density at radius 3 is 2.47 bits per heavy atom. The number of hydrogen-bond donors (Lipinski definition) is 1. The van der Waals surface area contributed by atoms with Crippen molar-refractivity contribution in [1.82, 2.24) is 9.97 Å². The molecule has 0 fully saturated rings. The molecule has 0 bridgehead atoms. The third kappa shape index (κ3) is 3.80. The van der Waals surface area contributed by atoms with Gasteiger partial charge in [-0.25, -0.2) is 9.97 Å².